The molecule has 1 aromatic heterocycles. The third-order valence-corrected chi connectivity index (χ3v) is 4.37. The Morgan fingerprint density at radius 1 is 1.11 bits per heavy atom. The smallest absolute Gasteiger partial charge is 0.343 e. The number of fused-ring (bicyclic) bond motifs is 1. The molecule has 0 atom stereocenters. The molecule has 0 saturated carbocycles. The van der Waals surface area contributed by atoms with E-state index in [9.17, 15) is 9.59 Å². The van der Waals surface area contributed by atoms with Gasteiger partial charge in [-0.25, -0.2) is 9.59 Å². The van der Waals surface area contributed by atoms with Gasteiger partial charge in [-0.1, -0.05) is 37.6 Å². The fourth-order valence-corrected chi connectivity index (χ4v) is 2.86. The Bertz CT molecular complexity index is 1040. The monoisotopic (exact) mass is 378 g/mol. The molecular weight excluding hydrogens is 356 g/mol. The van der Waals surface area contributed by atoms with Gasteiger partial charge in [0.15, 0.2) is 5.75 Å². The Labute approximate surface area is 163 Å². The minimum Gasteiger partial charge on any atom is -0.497 e. The lowest BCUT2D eigenvalue weighted by Crippen LogP contribution is -2.14. The van der Waals surface area contributed by atoms with Gasteiger partial charge in [-0.3, -0.25) is 0 Å². The zero-order chi connectivity index (χ0) is 19.9. The average molecular weight is 378 g/mol. The van der Waals surface area contributed by atoms with E-state index in [1.165, 1.54) is 6.08 Å². The number of unbranched alkanes of at least 4 members (excludes halogenated alkanes) is 1. The van der Waals surface area contributed by atoms with Crippen molar-refractivity contribution in [3.8, 4) is 11.5 Å². The van der Waals surface area contributed by atoms with E-state index in [0.717, 1.165) is 24.2 Å². The Morgan fingerprint density at radius 3 is 2.57 bits per heavy atom. The van der Waals surface area contributed by atoms with Crippen LogP contribution >= 0.6 is 0 Å². The van der Waals surface area contributed by atoms with E-state index in [2.05, 4.69) is 0 Å². The molecule has 28 heavy (non-hydrogen) atoms. The number of methoxy groups -OCH3 is 1. The summed E-state index contributed by atoms with van der Waals surface area (Å²) in [6.45, 7) is 2.03. The molecule has 3 rings (SSSR count). The lowest BCUT2D eigenvalue weighted by molar-refractivity contribution is -0.128. The van der Waals surface area contributed by atoms with Crippen LogP contribution < -0.4 is 15.1 Å². The molecule has 0 N–H and O–H groups in total. The van der Waals surface area contributed by atoms with Crippen LogP contribution in [0.1, 0.15) is 30.9 Å². The van der Waals surface area contributed by atoms with E-state index in [-0.39, 0.29) is 5.75 Å². The summed E-state index contributed by atoms with van der Waals surface area (Å²) in [5.74, 6) is 0.469. The molecule has 0 fully saturated rings. The van der Waals surface area contributed by atoms with Crippen LogP contribution in [0.15, 0.2) is 63.8 Å². The highest BCUT2D eigenvalue weighted by Crippen LogP contribution is 2.29. The Balaban J connectivity index is 1.89. The molecule has 5 nitrogen and oxygen atoms in total. The number of carbonyl (C=O) groups excluding carboxylic acids is 1. The maximum Gasteiger partial charge on any atom is 0.343 e. The molecule has 0 aliphatic carbocycles. The zero-order valence-electron chi connectivity index (χ0n) is 15.9. The van der Waals surface area contributed by atoms with Crippen LogP contribution in [-0.4, -0.2) is 13.1 Å². The number of hydrogen-bond donors (Lipinski definition) is 0. The second kappa shape index (κ2) is 9.04. The molecular formula is C23H22O5. The minimum atomic E-state index is -0.552. The Morgan fingerprint density at radius 2 is 1.86 bits per heavy atom. The van der Waals surface area contributed by atoms with E-state index < -0.39 is 11.6 Å². The van der Waals surface area contributed by atoms with Gasteiger partial charge in [0.2, 0.25) is 0 Å². The number of rotatable bonds is 7. The first-order valence-electron chi connectivity index (χ1n) is 9.21. The Hall–Kier alpha value is -3.34. The van der Waals surface area contributed by atoms with Crippen molar-refractivity contribution in [1.29, 1.82) is 0 Å². The van der Waals surface area contributed by atoms with Gasteiger partial charge < -0.3 is 13.9 Å². The van der Waals surface area contributed by atoms with Crippen LogP contribution in [0.5, 0.6) is 11.5 Å². The van der Waals surface area contributed by atoms with Crippen molar-refractivity contribution < 1.29 is 18.7 Å². The first-order valence-corrected chi connectivity index (χ1v) is 9.21. The molecule has 0 bridgehead atoms. The standard InChI is InChI=1S/C23H22O5/c1-3-4-7-19-22(18-8-5-6-9-20(18)27-23(19)25)28-21(24)15-12-16-10-13-17(26-2)14-11-16/h5-6,8-15H,3-4,7H2,1-2H3/b15-12+. The SMILES string of the molecule is CCCCc1c(OC(=O)/C=C/c2ccc(OC)cc2)c2ccccc2oc1=O. The summed E-state index contributed by atoms with van der Waals surface area (Å²) in [4.78, 5) is 24.8. The molecule has 0 aliphatic rings. The normalized spacial score (nSPS) is 11.1. The summed E-state index contributed by atoms with van der Waals surface area (Å²) in [5, 5.41) is 0.611. The van der Waals surface area contributed by atoms with Crippen LogP contribution in [-0.2, 0) is 11.2 Å². The number of ether oxygens (including phenoxy) is 2. The van der Waals surface area contributed by atoms with Crippen molar-refractivity contribution in [3.63, 3.8) is 0 Å². The lowest BCUT2D eigenvalue weighted by Gasteiger charge is -2.10. The molecule has 0 radical (unpaired) electrons. The molecule has 0 aliphatic heterocycles. The summed E-state index contributed by atoms with van der Waals surface area (Å²) in [6, 6.07) is 14.3. The van der Waals surface area contributed by atoms with Crippen molar-refractivity contribution in [2.45, 2.75) is 26.2 Å². The molecule has 0 amide bonds. The quantitative estimate of drug-likeness (QED) is 0.337. The lowest BCUT2D eigenvalue weighted by atomic mass is 10.1. The van der Waals surface area contributed by atoms with Gasteiger partial charge in [0.25, 0.3) is 0 Å². The molecule has 3 aromatic rings. The molecule has 1 heterocycles. The second-order valence-electron chi connectivity index (χ2n) is 6.32. The molecule has 144 valence electrons. The zero-order valence-corrected chi connectivity index (χ0v) is 15.9. The number of carbonyl (C=O) groups is 1. The first-order chi connectivity index (χ1) is 13.6. The van der Waals surface area contributed by atoms with Crippen LogP contribution in [0.2, 0.25) is 0 Å². The molecule has 0 saturated heterocycles. The second-order valence-corrected chi connectivity index (χ2v) is 6.32. The highest BCUT2D eigenvalue weighted by Gasteiger charge is 2.17. The highest BCUT2D eigenvalue weighted by molar-refractivity contribution is 5.93. The number of hydrogen-bond acceptors (Lipinski definition) is 5. The fraction of sp³-hybridized carbons (Fsp3) is 0.217. The largest absolute Gasteiger partial charge is 0.497 e. The van der Waals surface area contributed by atoms with Crippen LogP contribution in [0.25, 0.3) is 17.0 Å². The van der Waals surface area contributed by atoms with Crippen LogP contribution in [0, 0.1) is 0 Å². The summed E-state index contributed by atoms with van der Waals surface area (Å²) in [6.07, 6.45) is 5.21. The number of benzene rings is 2. The maximum atomic E-state index is 12.4. The van der Waals surface area contributed by atoms with Crippen LogP contribution in [0.4, 0.5) is 0 Å². The third-order valence-electron chi connectivity index (χ3n) is 4.37. The summed E-state index contributed by atoms with van der Waals surface area (Å²) >= 11 is 0. The van der Waals surface area contributed by atoms with Gasteiger partial charge in [0, 0.05) is 6.08 Å². The summed E-state index contributed by atoms with van der Waals surface area (Å²) < 4.78 is 16.1. The minimum absolute atomic E-state index is 0.282. The number of para-hydroxylation sites is 1. The van der Waals surface area contributed by atoms with Gasteiger partial charge in [0.05, 0.1) is 18.1 Å². The van der Waals surface area contributed by atoms with Crippen molar-refractivity contribution >= 4 is 23.0 Å². The molecule has 0 unspecified atom stereocenters. The maximum absolute atomic E-state index is 12.4. The molecule has 0 spiro atoms. The van der Waals surface area contributed by atoms with Gasteiger partial charge >= 0.3 is 11.6 Å². The van der Waals surface area contributed by atoms with Gasteiger partial charge in [0.1, 0.15) is 11.3 Å². The van der Waals surface area contributed by atoms with Gasteiger partial charge in [-0.05, 0) is 48.7 Å². The topological polar surface area (TPSA) is 65.7 Å². The van der Waals surface area contributed by atoms with E-state index >= 15 is 0 Å². The molecule has 2 aromatic carbocycles. The third kappa shape index (κ3) is 4.49. The van der Waals surface area contributed by atoms with Crippen molar-refractivity contribution in [1.82, 2.24) is 0 Å². The predicted octanol–water partition coefficient (Wildman–Crippen LogP) is 4.76. The van der Waals surface area contributed by atoms with Gasteiger partial charge in [-0.2, -0.15) is 0 Å². The molecule has 5 heteroatoms. The van der Waals surface area contributed by atoms with E-state index in [0.29, 0.717) is 23.0 Å². The highest BCUT2D eigenvalue weighted by atomic mass is 16.5. The van der Waals surface area contributed by atoms with E-state index in [4.69, 9.17) is 13.9 Å². The van der Waals surface area contributed by atoms with Gasteiger partial charge in [-0.15, -0.1) is 0 Å². The predicted molar refractivity (Wildman–Crippen MR) is 109 cm³/mol. The Kier molecular flexibility index (Phi) is 6.27. The number of esters is 1. The van der Waals surface area contributed by atoms with Crippen molar-refractivity contribution in [2.24, 2.45) is 0 Å². The summed E-state index contributed by atoms with van der Waals surface area (Å²) in [7, 11) is 1.60. The van der Waals surface area contributed by atoms with E-state index in [1.807, 2.05) is 37.3 Å². The van der Waals surface area contributed by atoms with Crippen molar-refractivity contribution in [2.75, 3.05) is 7.11 Å². The van der Waals surface area contributed by atoms with E-state index in [1.54, 1.807) is 31.4 Å². The van der Waals surface area contributed by atoms with Crippen LogP contribution in [0.3, 0.4) is 0 Å². The fourth-order valence-electron chi connectivity index (χ4n) is 2.86. The van der Waals surface area contributed by atoms with Crippen molar-refractivity contribution in [3.05, 3.63) is 76.2 Å². The average Bonchev–Trinajstić information content (AvgIpc) is 2.72. The first kappa shape index (κ1) is 19.4. The summed E-state index contributed by atoms with van der Waals surface area (Å²) in [5.41, 5.74) is 1.16.